The molecule has 5 nitrogen and oxygen atoms in total. The fraction of sp³-hybridized carbons (Fsp3) is 0.385. The highest BCUT2D eigenvalue weighted by Crippen LogP contribution is 2.36. The molecule has 96 valence electrons. The Morgan fingerprint density at radius 1 is 1.44 bits per heavy atom. The third kappa shape index (κ3) is 1.81. The van der Waals surface area contributed by atoms with Crippen molar-refractivity contribution in [2.24, 2.45) is 0 Å². The maximum Gasteiger partial charge on any atom is 0.337 e. The van der Waals surface area contributed by atoms with Crippen molar-refractivity contribution in [1.29, 1.82) is 0 Å². The maximum atomic E-state index is 11.9. The van der Waals surface area contributed by atoms with E-state index in [1.807, 2.05) is 31.7 Å². The molecule has 0 aliphatic carbocycles. The number of hydrogen-bond donors (Lipinski definition) is 2. The second kappa shape index (κ2) is 4.33. The lowest BCUT2D eigenvalue weighted by molar-refractivity contribution is -0.117. The monoisotopic (exact) mass is 248 g/mol. The molecule has 0 saturated carbocycles. The van der Waals surface area contributed by atoms with Crippen LogP contribution in [-0.2, 0) is 4.79 Å². The van der Waals surface area contributed by atoms with Crippen LogP contribution >= 0.6 is 0 Å². The van der Waals surface area contributed by atoms with Crippen LogP contribution in [0.5, 0.6) is 0 Å². The average Bonchev–Trinajstić information content (AvgIpc) is 2.29. The van der Waals surface area contributed by atoms with E-state index in [1.54, 1.807) is 6.07 Å². The van der Waals surface area contributed by atoms with Gasteiger partial charge in [-0.05, 0) is 32.9 Å². The van der Waals surface area contributed by atoms with Crippen LogP contribution < -0.4 is 10.2 Å². The number of aromatic carboxylic acids is 1. The summed E-state index contributed by atoms with van der Waals surface area (Å²) in [4.78, 5) is 25.0. The van der Waals surface area contributed by atoms with Crippen LogP contribution in [0.1, 0.15) is 31.1 Å². The van der Waals surface area contributed by atoms with E-state index in [1.165, 1.54) is 6.07 Å². The quantitative estimate of drug-likeness (QED) is 0.839. The molecular formula is C13H16N2O3. The number of para-hydroxylation sites is 1. The van der Waals surface area contributed by atoms with Crippen LogP contribution in [0.25, 0.3) is 0 Å². The Morgan fingerprint density at radius 3 is 2.67 bits per heavy atom. The van der Waals surface area contributed by atoms with E-state index in [0.717, 1.165) is 5.69 Å². The number of hydrogen-bond acceptors (Lipinski definition) is 3. The Labute approximate surface area is 105 Å². The minimum absolute atomic E-state index is 0.119. The molecule has 0 fully saturated rings. The highest BCUT2D eigenvalue weighted by atomic mass is 16.4. The molecule has 0 radical (unpaired) electrons. The third-order valence-electron chi connectivity index (χ3n) is 3.15. The summed E-state index contributed by atoms with van der Waals surface area (Å²) in [6, 6.07) is 4.84. The minimum atomic E-state index is -1.04. The van der Waals surface area contributed by atoms with Crippen molar-refractivity contribution in [3.63, 3.8) is 0 Å². The predicted octanol–water partition coefficient (Wildman–Crippen LogP) is 1.94. The lowest BCUT2D eigenvalue weighted by Crippen LogP contribution is -2.49. The Bertz CT molecular complexity index is 511. The van der Waals surface area contributed by atoms with Crippen molar-refractivity contribution in [1.82, 2.24) is 0 Å². The molecule has 1 amide bonds. The number of carboxylic acid groups (broad SMARTS) is 1. The molecular weight excluding hydrogens is 232 g/mol. The second-order valence-corrected chi connectivity index (χ2v) is 4.67. The first-order chi connectivity index (χ1) is 8.43. The van der Waals surface area contributed by atoms with Gasteiger partial charge in [-0.3, -0.25) is 4.79 Å². The maximum absolute atomic E-state index is 11.9. The fourth-order valence-electron chi connectivity index (χ4n) is 2.35. The molecule has 1 heterocycles. The van der Waals surface area contributed by atoms with Gasteiger partial charge in [-0.25, -0.2) is 4.79 Å². The fourth-order valence-corrected chi connectivity index (χ4v) is 2.35. The first kappa shape index (κ1) is 12.4. The van der Waals surface area contributed by atoms with Gasteiger partial charge < -0.3 is 15.3 Å². The van der Waals surface area contributed by atoms with Crippen molar-refractivity contribution in [2.75, 3.05) is 10.2 Å². The number of nitrogens with zero attached hydrogens (tertiary/aromatic N) is 1. The zero-order valence-electron chi connectivity index (χ0n) is 10.6. The number of fused-ring (bicyclic) bond motifs is 1. The number of carbonyl (C=O) groups excluding carboxylic acids is 1. The molecule has 18 heavy (non-hydrogen) atoms. The summed E-state index contributed by atoms with van der Waals surface area (Å²) < 4.78 is 0. The number of carboxylic acids is 1. The molecule has 2 rings (SSSR count). The van der Waals surface area contributed by atoms with Gasteiger partial charge in [0.2, 0.25) is 5.91 Å². The van der Waals surface area contributed by atoms with E-state index < -0.39 is 5.97 Å². The zero-order valence-corrected chi connectivity index (χ0v) is 10.6. The molecule has 1 aliphatic rings. The van der Waals surface area contributed by atoms with Crippen LogP contribution in [0.2, 0.25) is 0 Å². The molecule has 1 aliphatic heterocycles. The van der Waals surface area contributed by atoms with Crippen LogP contribution in [0.4, 0.5) is 11.4 Å². The SMILES string of the molecule is CC(C)N1c2cccc(C(=O)O)c2NC(=O)C1C. The number of nitrogens with one attached hydrogen (secondary N) is 1. The largest absolute Gasteiger partial charge is 0.478 e. The van der Waals surface area contributed by atoms with Crippen molar-refractivity contribution in [2.45, 2.75) is 32.9 Å². The van der Waals surface area contributed by atoms with E-state index in [4.69, 9.17) is 5.11 Å². The van der Waals surface area contributed by atoms with Gasteiger partial charge >= 0.3 is 5.97 Å². The Hall–Kier alpha value is -2.04. The molecule has 0 bridgehead atoms. The average molecular weight is 248 g/mol. The van der Waals surface area contributed by atoms with E-state index in [9.17, 15) is 9.59 Å². The Kier molecular flexibility index (Phi) is 2.98. The van der Waals surface area contributed by atoms with Gasteiger partial charge in [0.25, 0.3) is 0 Å². The number of amides is 1. The summed E-state index contributed by atoms with van der Waals surface area (Å²) in [6.45, 7) is 5.77. The predicted molar refractivity (Wildman–Crippen MR) is 69.1 cm³/mol. The van der Waals surface area contributed by atoms with E-state index in [0.29, 0.717) is 5.69 Å². The second-order valence-electron chi connectivity index (χ2n) is 4.67. The van der Waals surface area contributed by atoms with Crippen LogP contribution in [-0.4, -0.2) is 29.1 Å². The van der Waals surface area contributed by atoms with Crippen LogP contribution in [0.15, 0.2) is 18.2 Å². The topological polar surface area (TPSA) is 69.6 Å². The summed E-state index contributed by atoms with van der Waals surface area (Å²) in [7, 11) is 0. The molecule has 0 saturated heterocycles. The molecule has 5 heteroatoms. The summed E-state index contributed by atoms with van der Waals surface area (Å²) >= 11 is 0. The van der Waals surface area contributed by atoms with E-state index in [-0.39, 0.29) is 23.6 Å². The van der Waals surface area contributed by atoms with Gasteiger partial charge in [-0.15, -0.1) is 0 Å². The highest BCUT2D eigenvalue weighted by Gasteiger charge is 2.33. The number of benzene rings is 1. The first-order valence-electron chi connectivity index (χ1n) is 5.89. The van der Waals surface area contributed by atoms with Crippen LogP contribution in [0.3, 0.4) is 0 Å². The van der Waals surface area contributed by atoms with E-state index >= 15 is 0 Å². The first-order valence-corrected chi connectivity index (χ1v) is 5.89. The van der Waals surface area contributed by atoms with Crippen LogP contribution in [0, 0.1) is 0 Å². The van der Waals surface area contributed by atoms with Gasteiger partial charge in [0.05, 0.1) is 16.9 Å². The Balaban J connectivity index is 2.62. The van der Waals surface area contributed by atoms with Crippen molar-refractivity contribution in [3.05, 3.63) is 23.8 Å². The number of carbonyl (C=O) groups is 2. The van der Waals surface area contributed by atoms with Gasteiger partial charge in [-0.1, -0.05) is 6.07 Å². The molecule has 1 atom stereocenters. The molecule has 2 N–H and O–H groups in total. The number of rotatable bonds is 2. The normalized spacial score (nSPS) is 18.6. The van der Waals surface area contributed by atoms with Crippen molar-refractivity contribution >= 4 is 23.3 Å². The number of anilines is 2. The summed E-state index contributed by atoms with van der Waals surface area (Å²) in [5.74, 6) is -1.21. The smallest absolute Gasteiger partial charge is 0.337 e. The van der Waals surface area contributed by atoms with Crippen molar-refractivity contribution < 1.29 is 14.7 Å². The molecule has 1 aromatic carbocycles. The summed E-state index contributed by atoms with van der Waals surface area (Å²) in [5, 5.41) is 11.8. The van der Waals surface area contributed by atoms with Gasteiger partial charge in [0.15, 0.2) is 0 Å². The Morgan fingerprint density at radius 2 is 2.11 bits per heavy atom. The van der Waals surface area contributed by atoms with Crippen molar-refractivity contribution in [3.8, 4) is 0 Å². The van der Waals surface area contributed by atoms with E-state index in [2.05, 4.69) is 5.32 Å². The van der Waals surface area contributed by atoms with Gasteiger partial charge in [0, 0.05) is 6.04 Å². The molecule has 0 aromatic heterocycles. The minimum Gasteiger partial charge on any atom is -0.478 e. The molecule has 0 spiro atoms. The highest BCUT2D eigenvalue weighted by molar-refractivity contribution is 6.09. The van der Waals surface area contributed by atoms with Gasteiger partial charge in [-0.2, -0.15) is 0 Å². The lowest BCUT2D eigenvalue weighted by Gasteiger charge is -2.39. The molecule has 1 aromatic rings. The summed E-state index contributed by atoms with van der Waals surface area (Å²) in [6.07, 6.45) is 0. The zero-order chi connectivity index (χ0) is 13.4. The van der Waals surface area contributed by atoms with Gasteiger partial charge in [0.1, 0.15) is 6.04 Å². The standard InChI is InChI=1S/C13H16N2O3/c1-7(2)15-8(3)12(16)14-11-9(13(17)18)5-4-6-10(11)15/h4-8H,1-3H3,(H,14,16)(H,17,18). The summed E-state index contributed by atoms with van der Waals surface area (Å²) in [5.41, 5.74) is 1.28. The lowest BCUT2D eigenvalue weighted by atomic mass is 10.0. The third-order valence-corrected chi connectivity index (χ3v) is 3.15. The molecule has 1 unspecified atom stereocenters.